The van der Waals surface area contributed by atoms with Crippen molar-refractivity contribution in [2.45, 2.75) is 37.9 Å². The van der Waals surface area contributed by atoms with Crippen LogP contribution in [0.15, 0.2) is 18.2 Å². The zero-order valence-corrected chi connectivity index (χ0v) is 11.7. The van der Waals surface area contributed by atoms with Crippen LogP contribution in [0.25, 0.3) is 0 Å². The van der Waals surface area contributed by atoms with E-state index in [4.69, 9.17) is 10.00 Å². The van der Waals surface area contributed by atoms with Gasteiger partial charge in [0.1, 0.15) is 11.8 Å². The molecule has 1 aliphatic carbocycles. The van der Waals surface area contributed by atoms with E-state index < -0.39 is 12.1 Å². The molecule has 0 bridgehead atoms. The van der Waals surface area contributed by atoms with Crippen LogP contribution in [-0.2, 0) is 0 Å². The highest BCUT2D eigenvalue weighted by Crippen LogP contribution is 2.39. The number of anilines is 1. The van der Waals surface area contributed by atoms with Crippen LogP contribution in [0.4, 0.5) is 18.9 Å². The van der Waals surface area contributed by atoms with Crippen LogP contribution in [0.3, 0.4) is 0 Å². The van der Waals surface area contributed by atoms with Crippen molar-refractivity contribution < 1.29 is 17.9 Å². The number of alkyl halides is 3. The van der Waals surface area contributed by atoms with Crippen LogP contribution in [0.2, 0.25) is 0 Å². The van der Waals surface area contributed by atoms with E-state index in [2.05, 4.69) is 11.4 Å². The summed E-state index contributed by atoms with van der Waals surface area (Å²) < 4.78 is 43.2. The number of methoxy groups -OCH3 is 1. The van der Waals surface area contributed by atoms with Crippen molar-refractivity contribution in [3.05, 3.63) is 23.8 Å². The van der Waals surface area contributed by atoms with E-state index in [-0.39, 0.29) is 18.9 Å². The molecule has 1 aromatic rings. The number of para-hydroxylation sites is 1. The molecule has 0 amide bonds. The van der Waals surface area contributed by atoms with Gasteiger partial charge in [0.05, 0.1) is 24.3 Å². The van der Waals surface area contributed by atoms with Gasteiger partial charge < -0.3 is 10.1 Å². The molecule has 0 radical (unpaired) electrons. The first-order valence-electron chi connectivity index (χ1n) is 6.86. The van der Waals surface area contributed by atoms with E-state index in [0.717, 1.165) is 0 Å². The number of rotatable bonds is 3. The molecule has 1 aromatic carbocycles. The zero-order chi connectivity index (χ0) is 15.5. The maximum atomic E-state index is 12.6. The lowest BCUT2D eigenvalue weighted by atomic mass is 9.85. The minimum Gasteiger partial charge on any atom is -0.495 e. The van der Waals surface area contributed by atoms with Crippen LogP contribution < -0.4 is 10.1 Å². The van der Waals surface area contributed by atoms with Crippen molar-refractivity contribution in [3.8, 4) is 11.8 Å². The normalized spacial score (nSPS) is 22.4. The number of ether oxygens (including phenoxy) is 1. The van der Waals surface area contributed by atoms with E-state index in [1.807, 2.05) is 0 Å². The number of hydrogen-bond donors (Lipinski definition) is 1. The number of nitrogens with one attached hydrogen (secondary N) is 1. The maximum Gasteiger partial charge on any atom is 0.391 e. The third-order valence-corrected chi connectivity index (χ3v) is 3.91. The van der Waals surface area contributed by atoms with Crippen LogP contribution >= 0.6 is 0 Å². The molecule has 2 rings (SSSR count). The summed E-state index contributed by atoms with van der Waals surface area (Å²) in [7, 11) is 1.50. The molecule has 0 unspecified atom stereocenters. The fourth-order valence-electron chi connectivity index (χ4n) is 2.71. The first-order valence-corrected chi connectivity index (χ1v) is 6.86. The fourth-order valence-corrected chi connectivity index (χ4v) is 2.71. The second-order valence-corrected chi connectivity index (χ2v) is 5.23. The Balaban J connectivity index is 2.06. The third kappa shape index (κ3) is 3.60. The number of benzene rings is 1. The Kier molecular flexibility index (Phi) is 4.61. The molecule has 0 aliphatic heterocycles. The summed E-state index contributed by atoms with van der Waals surface area (Å²) in [5.41, 5.74) is 1.00. The zero-order valence-electron chi connectivity index (χ0n) is 11.7. The van der Waals surface area contributed by atoms with Gasteiger partial charge in [-0.15, -0.1) is 0 Å². The lowest BCUT2D eigenvalue weighted by Crippen LogP contribution is -2.33. The Morgan fingerprint density at radius 2 is 1.90 bits per heavy atom. The quantitative estimate of drug-likeness (QED) is 0.913. The average molecular weight is 298 g/mol. The Hall–Kier alpha value is -1.90. The SMILES string of the molecule is COc1cccc(C#N)c1NC1CCC(C(F)(F)F)CC1. The maximum absolute atomic E-state index is 12.6. The third-order valence-electron chi connectivity index (χ3n) is 3.91. The molecular weight excluding hydrogens is 281 g/mol. The van der Waals surface area contributed by atoms with E-state index >= 15 is 0 Å². The molecule has 0 aromatic heterocycles. The highest BCUT2D eigenvalue weighted by molar-refractivity contribution is 5.66. The summed E-state index contributed by atoms with van der Waals surface area (Å²) in [6.45, 7) is 0. The summed E-state index contributed by atoms with van der Waals surface area (Å²) >= 11 is 0. The molecule has 0 saturated heterocycles. The van der Waals surface area contributed by atoms with Crippen LogP contribution in [0, 0.1) is 17.2 Å². The number of hydrogen-bond acceptors (Lipinski definition) is 3. The van der Waals surface area contributed by atoms with Gasteiger partial charge in [0.2, 0.25) is 0 Å². The number of nitrogens with zero attached hydrogens (tertiary/aromatic N) is 1. The van der Waals surface area contributed by atoms with Crippen LogP contribution in [0.1, 0.15) is 31.2 Å². The number of halogens is 3. The predicted octanol–water partition coefficient (Wildman–Crippen LogP) is 4.10. The molecule has 0 spiro atoms. The highest BCUT2D eigenvalue weighted by atomic mass is 19.4. The minimum absolute atomic E-state index is 0.0630. The molecule has 3 nitrogen and oxygen atoms in total. The molecule has 114 valence electrons. The van der Waals surface area contributed by atoms with Gasteiger partial charge in [-0.3, -0.25) is 0 Å². The van der Waals surface area contributed by atoms with E-state index in [1.165, 1.54) is 7.11 Å². The molecule has 0 atom stereocenters. The topological polar surface area (TPSA) is 45.0 Å². The Labute approximate surface area is 121 Å². The second kappa shape index (κ2) is 6.25. The summed E-state index contributed by atoms with van der Waals surface area (Å²) in [5, 5.41) is 12.3. The lowest BCUT2D eigenvalue weighted by Gasteiger charge is -2.31. The summed E-state index contributed by atoms with van der Waals surface area (Å²) in [5.74, 6) is -0.671. The Bertz CT molecular complexity index is 529. The number of nitriles is 1. The van der Waals surface area contributed by atoms with Gasteiger partial charge in [0.15, 0.2) is 0 Å². The average Bonchev–Trinajstić information content (AvgIpc) is 2.47. The standard InChI is InChI=1S/C15H17F3N2O/c1-21-13-4-2-3-10(9-19)14(13)20-12-7-5-11(6-8-12)15(16,17)18/h2-4,11-12,20H,5-8H2,1H3. The molecule has 1 aliphatic rings. The summed E-state index contributed by atoms with van der Waals surface area (Å²) in [4.78, 5) is 0. The summed E-state index contributed by atoms with van der Waals surface area (Å²) in [6, 6.07) is 7.10. The molecule has 1 N–H and O–H groups in total. The first kappa shape index (κ1) is 15.5. The summed E-state index contributed by atoms with van der Waals surface area (Å²) in [6.07, 6.45) is -2.98. The van der Waals surface area contributed by atoms with E-state index in [0.29, 0.717) is 29.8 Å². The van der Waals surface area contributed by atoms with Crippen molar-refractivity contribution in [1.82, 2.24) is 0 Å². The molecular formula is C15H17F3N2O. The van der Waals surface area contributed by atoms with Crippen LogP contribution in [0.5, 0.6) is 5.75 Å². The van der Waals surface area contributed by atoms with E-state index in [9.17, 15) is 13.2 Å². The Morgan fingerprint density at radius 3 is 2.43 bits per heavy atom. The van der Waals surface area contributed by atoms with Gasteiger partial charge in [0, 0.05) is 6.04 Å². The van der Waals surface area contributed by atoms with Gasteiger partial charge >= 0.3 is 6.18 Å². The van der Waals surface area contributed by atoms with Crippen molar-refractivity contribution >= 4 is 5.69 Å². The van der Waals surface area contributed by atoms with Gasteiger partial charge in [-0.1, -0.05) is 6.07 Å². The molecule has 6 heteroatoms. The van der Waals surface area contributed by atoms with Gasteiger partial charge in [-0.2, -0.15) is 18.4 Å². The highest BCUT2D eigenvalue weighted by Gasteiger charge is 2.41. The minimum atomic E-state index is -4.10. The van der Waals surface area contributed by atoms with Crippen LogP contribution in [-0.4, -0.2) is 19.3 Å². The first-order chi connectivity index (χ1) is 9.95. The van der Waals surface area contributed by atoms with Crippen molar-refractivity contribution in [1.29, 1.82) is 5.26 Å². The molecule has 21 heavy (non-hydrogen) atoms. The smallest absolute Gasteiger partial charge is 0.391 e. The molecule has 1 fully saturated rings. The van der Waals surface area contributed by atoms with Gasteiger partial charge in [-0.25, -0.2) is 0 Å². The fraction of sp³-hybridized carbons (Fsp3) is 0.533. The van der Waals surface area contributed by atoms with Gasteiger partial charge in [-0.05, 0) is 37.8 Å². The largest absolute Gasteiger partial charge is 0.495 e. The van der Waals surface area contributed by atoms with Gasteiger partial charge in [0.25, 0.3) is 0 Å². The molecule has 1 saturated carbocycles. The molecule has 0 heterocycles. The van der Waals surface area contributed by atoms with Crippen molar-refractivity contribution in [2.24, 2.45) is 5.92 Å². The van der Waals surface area contributed by atoms with Crippen molar-refractivity contribution in [2.75, 3.05) is 12.4 Å². The lowest BCUT2D eigenvalue weighted by molar-refractivity contribution is -0.182. The van der Waals surface area contributed by atoms with E-state index in [1.54, 1.807) is 18.2 Å². The predicted molar refractivity (Wildman–Crippen MR) is 73.1 cm³/mol. The second-order valence-electron chi connectivity index (χ2n) is 5.23. The monoisotopic (exact) mass is 298 g/mol. The Morgan fingerprint density at radius 1 is 1.24 bits per heavy atom. The van der Waals surface area contributed by atoms with Crippen molar-refractivity contribution in [3.63, 3.8) is 0 Å².